The molecule has 0 amide bonds. The standard InChI is InChI=1S/C17H22F3N5/c1-23-6-2-3-14(12-23)24-7-9-25(10-8-24)16-13(11-21)4-5-15(22-16)17(18,19)20/h4-5,14H,2-3,6-10,12H2,1H3. The average molecular weight is 353 g/mol. The van der Waals surface area contributed by atoms with Gasteiger partial charge in [0.2, 0.25) is 0 Å². The molecular formula is C17H22F3N5. The van der Waals surface area contributed by atoms with E-state index in [4.69, 9.17) is 0 Å². The number of piperidine rings is 1. The van der Waals surface area contributed by atoms with Crippen molar-refractivity contribution >= 4 is 5.82 Å². The number of nitriles is 1. The van der Waals surface area contributed by atoms with Gasteiger partial charge in [0.05, 0.1) is 5.56 Å². The van der Waals surface area contributed by atoms with Crippen molar-refractivity contribution in [2.75, 3.05) is 51.2 Å². The topological polar surface area (TPSA) is 46.4 Å². The molecule has 2 aliphatic heterocycles. The first kappa shape index (κ1) is 18.0. The average Bonchev–Trinajstić information content (AvgIpc) is 2.60. The van der Waals surface area contributed by atoms with Crippen LogP contribution in [-0.4, -0.2) is 67.1 Å². The number of hydrogen-bond acceptors (Lipinski definition) is 5. The Labute approximate surface area is 145 Å². The number of likely N-dealkylation sites (N-methyl/N-ethyl adjacent to an activating group) is 1. The van der Waals surface area contributed by atoms with Gasteiger partial charge in [-0.3, -0.25) is 4.90 Å². The zero-order chi connectivity index (χ0) is 18.0. The normalized spacial score (nSPS) is 23.5. The molecule has 1 aromatic rings. The first-order chi connectivity index (χ1) is 11.9. The van der Waals surface area contributed by atoms with Gasteiger partial charge >= 0.3 is 6.18 Å². The van der Waals surface area contributed by atoms with Gasteiger partial charge in [-0.05, 0) is 38.6 Å². The van der Waals surface area contributed by atoms with E-state index in [9.17, 15) is 18.4 Å². The van der Waals surface area contributed by atoms with Crippen LogP contribution in [0.1, 0.15) is 24.1 Å². The fourth-order valence-corrected chi connectivity index (χ4v) is 3.67. The highest BCUT2D eigenvalue weighted by atomic mass is 19.4. The fourth-order valence-electron chi connectivity index (χ4n) is 3.67. The van der Waals surface area contributed by atoms with Gasteiger partial charge in [-0.15, -0.1) is 0 Å². The summed E-state index contributed by atoms with van der Waals surface area (Å²) in [6.45, 7) is 4.89. The van der Waals surface area contributed by atoms with E-state index < -0.39 is 11.9 Å². The largest absolute Gasteiger partial charge is 0.433 e. The van der Waals surface area contributed by atoms with Gasteiger partial charge in [0.25, 0.3) is 0 Å². The summed E-state index contributed by atoms with van der Waals surface area (Å²) < 4.78 is 38.8. The van der Waals surface area contributed by atoms with Crippen LogP contribution in [0.2, 0.25) is 0 Å². The SMILES string of the molecule is CN1CCCC(N2CCN(c3nc(C(F)(F)F)ccc3C#N)CC2)C1. The third kappa shape index (κ3) is 4.05. The molecule has 2 aliphatic rings. The van der Waals surface area contributed by atoms with E-state index in [2.05, 4.69) is 21.8 Å². The molecule has 8 heteroatoms. The van der Waals surface area contributed by atoms with Crippen molar-refractivity contribution in [2.24, 2.45) is 0 Å². The minimum atomic E-state index is -4.50. The molecular weight excluding hydrogens is 331 g/mol. The van der Waals surface area contributed by atoms with Crippen molar-refractivity contribution < 1.29 is 13.2 Å². The van der Waals surface area contributed by atoms with E-state index in [0.29, 0.717) is 19.1 Å². The molecule has 1 atom stereocenters. The summed E-state index contributed by atoms with van der Waals surface area (Å²) in [6, 6.07) is 4.55. The van der Waals surface area contributed by atoms with Crippen LogP contribution in [0.3, 0.4) is 0 Å². The number of anilines is 1. The predicted molar refractivity (Wildman–Crippen MR) is 88.3 cm³/mol. The molecule has 25 heavy (non-hydrogen) atoms. The Hall–Kier alpha value is -1.85. The molecule has 2 saturated heterocycles. The lowest BCUT2D eigenvalue weighted by atomic mass is 10.0. The van der Waals surface area contributed by atoms with Crippen LogP contribution in [0.25, 0.3) is 0 Å². The molecule has 0 bridgehead atoms. The third-order valence-corrected chi connectivity index (χ3v) is 5.02. The lowest BCUT2D eigenvalue weighted by Crippen LogP contribution is -2.54. The van der Waals surface area contributed by atoms with Crippen LogP contribution < -0.4 is 4.90 Å². The monoisotopic (exact) mass is 353 g/mol. The zero-order valence-electron chi connectivity index (χ0n) is 14.3. The van der Waals surface area contributed by atoms with Crippen LogP contribution in [-0.2, 0) is 6.18 Å². The highest BCUT2D eigenvalue weighted by Crippen LogP contribution is 2.31. The minimum Gasteiger partial charge on any atom is -0.353 e. The fraction of sp³-hybridized carbons (Fsp3) is 0.647. The molecule has 0 saturated carbocycles. The second-order valence-corrected chi connectivity index (χ2v) is 6.76. The van der Waals surface area contributed by atoms with E-state index in [1.54, 1.807) is 4.90 Å². The summed E-state index contributed by atoms with van der Waals surface area (Å²) in [6.07, 6.45) is -2.16. The van der Waals surface area contributed by atoms with Crippen molar-refractivity contribution in [3.05, 3.63) is 23.4 Å². The summed E-state index contributed by atoms with van der Waals surface area (Å²) in [7, 11) is 2.12. The molecule has 0 N–H and O–H groups in total. The van der Waals surface area contributed by atoms with Gasteiger partial charge in [-0.25, -0.2) is 4.98 Å². The third-order valence-electron chi connectivity index (χ3n) is 5.02. The number of nitrogens with zero attached hydrogens (tertiary/aromatic N) is 5. The van der Waals surface area contributed by atoms with Crippen molar-refractivity contribution in [1.82, 2.24) is 14.8 Å². The summed E-state index contributed by atoms with van der Waals surface area (Å²) in [5, 5.41) is 9.21. The van der Waals surface area contributed by atoms with Crippen molar-refractivity contribution in [1.29, 1.82) is 5.26 Å². The summed E-state index contributed by atoms with van der Waals surface area (Å²) in [5.41, 5.74) is -0.753. The van der Waals surface area contributed by atoms with Gasteiger partial charge in [-0.1, -0.05) is 0 Å². The van der Waals surface area contributed by atoms with Crippen LogP contribution >= 0.6 is 0 Å². The Balaban J connectivity index is 1.71. The Morgan fingerprint density at radius 1 is 1.16 bits per heavy atom. The molecule has 5 nitrogen and oxygen atoms in total. The van der Waals surface area contributed by atoms with E-state index in [-0.39, 0.29) is 11.4 Å². The maximum atomic E-state index is 12.9. The lowest BCUT2D eigenvalue weighted by molar-refractivity contribution is -0.141. The van der Waals surface area contributed by atoms with Gasteiger partial charge < -0.3 is 9.80 Å². The number of hydrogen-bond donors (Lipinski definition) is 0. The van der Waals surface area contributed by atoms with Gasteiger partial charge in [-0.2, -0.15) is 18.4 Å². The number of halogens is 3. The molecule has 3 rings (SSSR count). The van der Waals surface area contributed by atoms with Crippen molar-refractivity contribution in [2.45, 2.75) is 25.1 Å². The van der Waals surface area contributed by atoms with E-state index in [1.807, 2.05) is 6.07 Å². The minimum absolute atomic E-state index is 0.151. The summed E-state index contributed by atoms with van der Waals surface area (Å²) in [5.74, 6) is 0.151. The summed E-state index contributed by atoms with van der Waals surface area (Å²) in [4.78, 5) is 10.3. The van der Waals surface area contributed by atoms with Gasteiger partial charge in [0, 0.05) is 38.8 Å². The van der Waals surface area contributed by atoms with Crippen molar-refractivity contribution in [3.8, 4) is 6.07 Å². The van der Waals surface area contributed by atoms with E-state index >= 15 is 0 Å². The number of aromatic nitrogens is 1. The van der Waals surface area contributed by atoms with Crippen molar-refractivity contribution in [3.63, 3.8) is 0 Å². The number of alkyl halides is 3. The molecule has 1 unspecified atom stereocenters. The molecule has 1 aromatic heterocycles. The van der Waals surface area contributed by atoms with Gasteiger partial charge in [0.15, 0.2) is 0 Å². The maximum Gasteiger partial charge on any atom is 0.433 e. The number of rotatable bonds is 2. The van der Waals surface area contributed by atoms with Gasteiger partial charge in [0.1, 0.15) is 17.6 Å². The molecule has 0 aliphatic carbocycles. The summed E-state index contributed by atoms with van der Waals surface area (Å²) >= 11 is 0. The maximum absolute atomic E-state index is 12.9. The molecule has 0 spiro atoms. The first-order valence-electron chi connectivity index (χ1n) is 8.54. The predicted octanol–water partition coefficient (Wildman–Crippen LogP) is 2.19. The zero-order valence-corrected chi connectivity index (χ0v) is 14.3. The highest BCUT2D eigenvalue weighted by molar-refractivity contribution is 5.55. The quantitative estimate of drug-likeness (QED) is 0.816. The second kappa shape index (κ2) is 7.18. The Morgan fingerprint density at radius 2 is 1.88 bits per heavy atom. The molecule has 0 radical (unpaired) electrons. The van der Waals surface area contributed by atoms with Crippen LogP contribution in [0.5, 0.6) is 0 Å². The molecule has 2 fully saturated rings. The van der Waals surface area contributed by atoms with E-state index in [1.165, 1.54) is 12.5 Å². The smallest absolute Gasteiger partial charge is 0.353 e. The first-order valence-corrected chi connectivity index (χ1v) is 8.54. The molecule has 0 aromatic carbocycles. The Kier molecular flexibility index (Phi) is 5.16. The lowest BCUT2D eigenvalue weighted by Gasteiger charge is -2.43. The van der Waals surface area contributed by atoms with Crippen LogP contribution in [0.15, 0.2) is 12.1 Å². The van der Waals surface area contributed by atoms with Crippen LogP contribution in [0.4, 0.5) is 19.0 Å². The number of piperazine rings is 1. The molecule has 3 heterocycles. The Bertz CT molecular complexity index is 647. The number of likely N-dealkylation sites (tertiary alicyclic amines) is 1. The second-order valence-electron chi connectivity index (χ2n) is 6.76. The van der Waals surface area contributed by atoms with E-state index in [0.717, 1.165) is 38.7 Å². The Morgan fingerprint density at radius 3 is 2.48 bits per heavy atom. The number of pyridine rings is 1. The molecule has 136 valence electrons. The highest BCUT2D eigenvalue weighted by Gasteiger charge is 2.34. The van der Waals surface area contributed by atoms with Crippen LogP contribution in [0, 0.1) is 11.3 Å².